The number of fused-ring (bicyclic) bond motifs is 2. The summed E-state index contributed by atoms with van der Waals surface area (Å²) in [5.74, 6) is 0.853. The first-order chi connectivity index (χ1) is 5.03. The maximum absolute atomic E-state index is 11.2. The van der Waals surface area contributed by atoms with E-state index in [-0.39, 0.29) is 11.4 Å². The summed E-state index contributed by atoms with van der Waals surface area (Å²) in [6, 6.07) is 0. The summed E-state index contributed by atoms with van der Waals surface area (Å²) in [5, 5.41) is 3.91. The van der Waals surface area contributed by atoms with Crippen LogP contribution in [0.25, 0.3) is 0 Å². The van der Waals surface area contributed by atoms with Gasteiger partial charge >= 0.3 is 0 Å². The number of carbonyl (C=O) groups is 1. The van der Waals surface area contributed by atoms with E-state index in [0.717, 1.165) is 13.0 Å². The van der Waals surface area contributed by atoms with Crippen LogP contribution in [0.15, 0.2) is 0 Å². The lowest BCUT2D eigenvalue weighted by molar-refractivity contribution is -0.226. The molecule has 0 radical (unpaired) electrons. The van der Waals surface area contributed by atoms with Crippen LogP contribution in [-0.2, 0) is 4.79 Å². The molecule has 2 atom stereocenters. The fourth-order valence-corrected chi connectivity index (χ4v) is 2.07. The van der Waals surface area contributed by atoms with E-state index in [1.807, 2.05) is 7.05 Å². The monoisotopic (exact) mass is 154 g/mol. The number of carbonyl (C=O) groups excluding carboxylic acids is 1. The lowest BCUT2D eigenvalue weighted by atomic mass is 9.74. The number of hydrazine groups is 1. The molecule has 3 saturated heterocycles. The highest BCUT2D eigenvalue weighted by Gasteiger charge is 2.53. The van der Waals surface area contributed by atoms with Crippen molar-refractivity contribution in [3.05, 3.63) is 0 Å². The topological polar surface area (TPSA) is 23.6 Å². The summed E-state index contributed by atoms with van der Waals surface area (Å²) >= 11 is 0. The second kappa shape index (κ2) is 1.78. The summed E-state index contributed by atoms with van der Waals surface area (Å²) < 4.78 is 0. The summed E-state index contributed by atoms with van der Waals surface area (Å²) in [6.07, 6.45) is 0.736. The number of hydrogen-bond acceptors (Lipinski definition) is 2. The molecule has 2 unspecified atom stereocenters. The van der Waals surface area contributed by atoms with Gasteiger partial charge in [0.05, 0.1) is 0 Å². The highest BCUT2D eigenvalue weighted by Crippen LogP contribution is 2.43. The highest BCUT2D eigenvalue weighted by molar-refractivity contribution is 5.77. The minimum atomic E-state index is 0.225. The van der Waals surface area contributed by atoms with Crippen molar-refractivity contribution in [2.75, 3.05) is 13.6 Å². The molecule has 0 aliphatic carbocycles. The minimum Gasteiger partial charge on any atom is -0.278 e. The molecule has 11 heavy (non-hydrogen) atoms. The minimum absolute atomic E-state index is 0.225. The van der Waals surface area contributed by atoms with Gasteiger partial charge in [0, 0.05) is 31.5 Å². The Labute approximate surface area is 66.9 Å². The van der Waals surface area contributed by atoms with Crippen molar-refractivity contribution in [2.45, 2.75) is 25.8 Å². The normalized spacial score (nSPS) is 40.3. The second-order valence-electron chi connectivity index (χ2n) is 4.05. The van der Waals surface area contributed by atoms with E-state index in [0.29, 0.717) is 5.92 Å². The molecule has 0 aromatic carbocycles. The van der Waals surface area contributed by atoms with Crippen LogP contribution in [0.4, 0.5) is 0 Å². The Hall–Kier alpha value is -0.570. The molecular weight excluding hydrogens is 140 g/mol. The van der Waals surface area contributed by atoms with Gasteiger partial charge in [-0.3, -0.25) is 9.80 Å². The Morgan fingerprint density at radius 2 is 2.18 bits per heavy atom. The van der Waals surface area contributed by atoms with E-state index in [4.69, 9.17) is 0 Å². The maximum atomic E-state index is 11.2. The van der Waals surface area contributed by atoms with Crippen LogP contribution >= 0.6 is 0 Å². The molecule has 3 nitrogen and oxygen atoms in total. The van der Waals surface area contributed by atoms with Crippen molar-refractivity contribution in [1.82, 2.24) is 10.0 Å². The van der Waals surface area contributed by atoms with Gasteiger partial charge in [-0.05, 0) is 13.8 Å². The summed E-state index contributed by atoms with van der Waals surface area (Å²) in [5.41, 5.74) is 0.225. The molecule has 3 heteroatoms. The van der Waals surface area contributed by atoms with Gasteiger partial charge in [-0.25, -0.2) is 5.01 Å². The standard InChI is InChI=1S/C8H14N2O/c1-8(2)6-4-7(11)9(3)10(8)5-6/h6H,4-5H2,1-3H3. The number of hydrogen-bond donors (Lipinski definition) is 0. The first-order valence-electron chi connectivity index (χ1n) is 4.07. The van der Waals surface area contributed by atoms with Crippen molar-refractivity contribution in [1.29, 1.82) is 0 Å². The summed E-state index contributed by atoms with van der Waals surface area (Å²) in [6.45, 7) is 5.46. The lowest BCUT2D eigenvalue weighted by Gasteiger charge is -2.62. The molecule has 3 fully saturated rings. The Bertz CT molecular complexity index is 212. The Morgan fingerprint density at radius 1 is 1.55 bits per heavy atom. The van der Waals surface area contributed by atoms with Crippen molar-refractivity contribution >= 4 is 5.91 Å². The molecule has 3 heterocycles. The van der Waals surface area contributed by atoms with E-state index in [9.17, 15) is 4.79 Å². The van der Waals surface area contributed by atoms with E-state index in [1.54, 1.807) is 5.01 Å². The third kappa shape index (κ3) is 0.692. The molecule has 0 N–H and O–H groups in total. The van der Waals surface area contributed by atoms with Gasteiger partial charge in [0.25, 0.3) is 0 Å². The third-order valence-corrected chi connectivity index (χ3v) is 3.20. The van der Waals surface area contributed by atoms with Gasteiger partial charge in [0.1, 0.15) is 0 Å². The van der Waals surface area contributed by atoms with Crippen molar-refractivity contribution in [2.24, 2.45) is 5.92 Å². The van der Waals surface area contributed by atoms with Gasteiger partial charge in [-0.15, -0.1) is 0 Å². The number of nitrogens with zero attached hydrogens (tertiary/aromatic N) is 2. The maximum Gasteiger partial charge on any atom is 0.237 e. The predicted molar refractivity (Wildman–Crippen MR) is 41.7 cm³/mol. The fraction of sp³-hybridized carbons (Fsp3) is 0.875. The van der Waals surface area contributed by atoms with Crippen LogP contribution in [0.1, 0.15) is 20.3 Å². The lowest BCUT2D eigenvalue weighted by Crippen LogP contribution is -2.74. The zero-order valence-corrected chi connectivity index (χ0v) is 7.29. The van der Waals surface area contributed by atoms with Crippen molar-refractivity contribution < 1.29 is 4.79 Å². The zero-order valence-electron chi connectivity index (χ0n) is 7.29. The molecule has 0 aromatic rings. The number of rotatable bonds is 0. The molecular formula is C8H14N2O. The predicted octanol–water partition coefficient (Wildman–Crippen LogP) is 0.474. The van der Waals surface area contributed by atoms with Gasteiger partial charge in [-0.1, -0.05) is 0 Å². The Balaban J connectivity index is 2.23. The quantitative estimate of drug-likeness (QED) is 0.506. The Kier molecular flexibility index (Phi) is 1.15. The van der Waals surface area contributed by atoms with Crippen LogP contribution in [0.2, 0.25) is 0 Å². The molecule has 3 rings (SSSR count). The zero-order chi connectivity index (χ0) is 8.22. The SMILES string of the molecule is CN1C(=O)CC2CN1C2(C)C. The van der Waals surface area contributed by atoms with Crippen LogP contribution < -0.4 is 0 Å². The van der Waals surface area contributed by atoms with Gasteiger partial charge in [-0.2, -0.15) is 0 Å². The van der Waals surface area contributed by atoms with E-state index in [2.05, 4.69) is 18.9 Å². The van der Waals surface area contributed by atoms with Crippen LogP contribution in [-0.4, -0.2) is 35.1 Å². The molecule has 0 spiro atoms. The average Bonchev–Trinajstić information content (AvgIpc) is 1.93. The molecule has 3 aliphatic heterocycles. The molecule has 3 aliphatic rings. The van der Waals surface area contributed by atoms with Crippen molar-refractivity contribution in [3.8, 4) is 0 Å². The molecule has 0 aromatic heterocycles. The fourth-order valence-electron chi connectivity index (χ4n) is 2.07. The molecule has 62 valence electrons. The first-order valence-corrected chi connectivity index (χ1v) is 4.07. The summed E-state index contributed by atoms with van der Waals surface area (Å²) in [4.78, 5) is 11.2. The van der Waals surface area contributed by atoms with Crippen molar-refractivity contribution in [3.63, 3.8) is 0 Å². The average molecular weight is 154 g/mol. The van der Waals surface area contributed by atoms with E-state index in [1.165, 1.54) is 0 Å². The largest absolute Gasteiger partial charge is 0.278 e. The first kappa shape index (κ1) is 7.10. The van der Waals surface area contributed by atoms with Gasteiger partial charge in [0.15, 0.2) is 0 Å². The van der Waals surface area contributed by atoms with Crippen LogP contribution in [0, 0.1) is 5.92 Å². The Morgan fingerprint density at radius 3 is 2.55 bits per heavy atom. The molecule has 0 saturated carbocycles. The van der Waals surface area contributed by atoms with Crippen LogP contribution in [0.3, 0.4) is 0 Å². The summed E-state index contributed by atoms with van der Waals surface area (Å²) in [7, 11) is 1.86. The van der Waals surface area contributed by atoms with Gasteiger partial charge < -0.3 is 0 Å². The smallest absolute Gasteiger partial charge is 0.237 e. The van der Waals surface area contributed by atoms with E-state index >= 15 is 0 Å². The third-order valence-electron chi connectivity index (χ3n) is 3.20. The second-order valence-corrected chi connectivity index (χ2v) is 4.05. The van der Waals surface area contributed by atoms with Crippen LogP contribution in [0.5, 0.6) is 0 Å². The van der Waals surface area contributed by atoms with E-state index < -0.39 is 0 Å². The highest BCUT2D eigenvalue weighted by atomic mass is 16.2. The molecule has 1 amide bonds. The molecule has 2 bridgehead atoms. The number of amides is 1. The van der Waals surface area contributed by atoms with Gasteiger partial charge in [0.2, 0.25) is 5.91 Å².